The average molecular weight is 256 g/mol. The van der Waals surface area contributed by atoms with Gasteiger partial charge in [-0.1, -0.05) is 32.4 Å². The Labute approximate surface area is 104 Å². The molecule has 0 saturated heterocycles. The minimum Gasteiger partial charge on any atom is -0.439 e. The molecule has 0 unspecified atom stereocenters. The van der Waals surface area contributed by atoms with Gasteiger partial charge in [0.25, 0.3) is 0 Å². The van der Waals surface area contributed by atoms with Crippen LogP contribution in [0.4, 0.5) is 0 Å². The highest BCUT2D eigenvalue weighted by molar-refractivity contribution is 7.99. The second-order valence-electron chi connectivity index (χ2n) is 4.70. The van der Waals surface area contributed by atoms with Gasteiger partial charge in [-0.15, -0.1) is 11.8 Å². The summed E-state index contributed by atoms with van der Waals surface area (Å²) in [5.74, 6) is 0.750. The van der Waals surface area contributed by atoms with Gasteiger partial charge in [-0.3, -0.25) is 0 Å². The van der Waals surface area contributed by atoms with Crippen LogP contribution < -0.4 is 0 Å². The van der Waals surface area contributed by atoms with E-state index in [1.54, 1.807) is 11.8 Å². The molecule has 2 aromatic rings. The van der Waals surface area contributed by atoms with Crippen molar-refractivity contribution < 1.29 is 4.42 Å². The highest BCUT2D eigenvalue weighted by Gasteiger charge is 2.22. The fourth-order valence-corrected chi connectivity index (χ4v) is 2.43. The zero-order valence-corrected chi connectivity index (χ0v) is 11.4. The molecule has 0 aliphatic heterocycles. The van der Waals surface area contributed by atoms with Crippen LogP contribution in [0.2, 0.25) is 5.02 Å². The van der Waals surface area contributed by atoms with Crippen molar-refractivity contribution in [1.29, 1.82) is 0 Å². The molecule has 0 atom stereocenters. The molecule has 0 N–H and O–H groups in total. The maximum atomic E-state index is 6.12. The van der Waals surface area contributed by atoms with E-state index in [2.05, 4.69) is 25.8 Å². The zero-order valence-electron chi connectivity index (χ0n) is 9.80. The molecular formula is C12H14ClNOS. The van der Waals surface area contributed by atoms with Crippen LogP contribution in [-0.4, -0.2) is 11.2 Å². The molecule has 0 saturated carbocycles. The Morgan fingerprint density at radius 3 is 2.56 bits per heavy atom. The maximum Gasteiger partial charge on any atom is 0.200 e. The fraction of sp³-hybridized carbons (Fsp3) is 0.417. The summed E-state index contributed by atoms with van der Waals surface area (Å²) in [6, 6.07) is 3.76. The molecule has 0 amide bonds. The molecule has 0 aliphatic carbocycles. The fourth-order valence-electron chi connectivity index (χ4n) is 1.45. The SMILES string of the molecule is CSc1c(Cl)ccc2nc(C(C)(C)C)oc12. The molecule has 16 heavy (non-hydrogen) atoms. The second kappa shape index (κ2) is 3.97. The Hall–Kier alpha value is -0.670. The molecule has 0 fully saturated rings. The van der Waals surface area contributed by atoms with E-state index in [9.17, 15) is 0 Å². The van der Waals surface area contributed by atoms with E-state index in [0.29, 0.717) is 0 Å². The lowest BCUT2D eigenvalue weighted by Crippen LogP contribution is -2.10. The Bertz CT molecular complexity index is 528. The number of benzene rings is 1. The van der Waals surface area contributed by atoms with E-state index in [0.717, 1.165) is 26.9 Å². The van der Waals surface area contributed by atoms with Crippen LogP contribution in [0, 0.1) is 0 Å². The van der Waals surface area contributed by atoms with E-state index < -0.39 is 0 Å². The van der Waals surface area contributed by atoms with Crippen molar-refractivity contribution >= 4 is 34.5 Å². The molecule has 1 aromatic carbocycles. The quantitative estimate of drug-likeness (QED) is 0.702. The van der Waals surface area contributed by atoms with Gasteiger partial charge in [0.05, 0.1) is 9.92 Å². The van der Waals surface area contributed by atoms with Crippen LogP contribution in [0.25, 0.3) is 11.1 Å². The monoisotopic (exact) mass is 255 g/mol. The van der Waals surface area contributed by atoms with Gasteiger partial charge in [-0.2, -0.15) is 0 Å². The third kappa shape index (κ3) is 1.94. The van der Waals surface area contributed by atoms with Crippen molar-refractivity contribution in [3.8, 4) is 0 Å². The molecule has 1 heterocycles. The van der Waals surface area contributed by atoms with Crippen LogP contribution >= 0.6 is 23.4 Å². The molecule has 2 nitrogen and oxygen atoms in total. The molecule has 0 radical (unpaired) electrons. The van der Waals surface area contributed by atoms with Gasteiger partial charge < -0.3 is 4.42 Å². The summed E-state index contributed by atoms with van der Waals surface area (Å²) in [5, 5.41) is 0.719. The van der Waals surface area contributed by atoms with Gasteiger partial charge in [0.15, 0.2) is 5.58 Å². The Balaban J connectivity index is 2.71. The average Bonchev–Trinajstić information content (AvgIpc) is 2.60. The lowest BCUT2D eigenvalue weighted by molar-refractivity contribution is 0.409. The number of hydrogen-bond acceptors (Lipinski definition) is 3. The van der Waals surface area contributed by atoms with Crippen LogP contribution in [0.15, 0.2) is 21.4 Å². The number of aromatic nitrogens is 1. The molecule has 0 aliphatic rings. The van der Waals surface area contributed by atoms with Crippen molar-refractivity contribution in [3.63, 3.8) is 0 Å². The lowest BCUT2D eigenvalue weighted by Gasteiger charge is -2.11. The van der Waals surface area contributed by atoms with E-state index in [1.165, 1.54) is 0 Å². The van der Waals surface area contributed by atoms with Gasteiger partial charge in [-0.25, -0.2) is 4.98 Å². The molecule has 0 spiro atoms. The lowest BCUT2D eigenvalue weighted by atomic mass is 9.97. The summed E-state index contributed by atoms with van der Waals surface area (Å²) in [5.41, 5.74) is 1.59. The predicted octanol–water partition coefficient (Wildman–Crippen LogP) is 4.50. The number of oxazole rings is 1. The number of halogens is 1. The maximum absolute atomic E-state index is 6.12. The summed E-state index contributed by atoms with van der Waals surface area (Å²) in [4.78, 5) is 5.46. The standard InChI is InChI=1S/C12H14ClNOS/c1-12(2,3)11-14-8-6-5-7(13)10(16-4)9(8)15-11/h5-6H,1-4H3. The van der Waals surface area contributed by atoms with Crippen LogP contribution in [0.1, 0.15) is 26.7 Å². The minimum absolute atomic E-state index is 0.0822. The first-order chi connectivity index (χ1) is 7.43. The van der Waals surface area contributed by atoms with E-state index in [1.807, 2.05) is 18.4 Å². The summed E-state index contributed by atoms with van der Waals surface area (Å²) in [6.07, 6.45) is 1.99. The number of nitrogens with zero attached hydrogens (tertiary/aromatic N) is 1. The highest BCUT2D eigenvalue weighted by atomic mass is 35.5. The third-order valence-electron chi connectivity index (χ3n) is 2.31. The molecule has 4 heteroatoms. The Morgan fingerprint density at radius 1 is 1.31 bits per heavy atom. The minimum atomic E-state index is -0.0822. The first-order valence-electron chi connectivity index (χ1n) is 5.07. The zero-order chi connectivity index (χ0) is 11.9. The van der Waals surface area contributed by atoms with Crippen molar-refractivity contribution in [2.45, 2.75) is 31.1 Å². The normalized spacial score (nSPS) is 12.3. The van der Waals surface area contributed by atoms with Crippen LogP contribution in [-0.2, 0) is 5.41 Å². The largest absolute Gasteiger partial charge is 0.439 e. The number of rotatable bonds is 1. The van der Waals surface area contributed by atoms with E-state index in [-0.39, 0.29) is 5.41 Å². The van der Waals surface area contributed by atoms with Crippen molar-refractivity contribution in [1.82, 2.24) is 4.98 Å². The molecular weight excluding hydrogens is 242 g/mol. The molecule has 1 aromatic heterocycles. The Kier molecular flexibility index (Phi) is 2.93. The van der Waals surface area contributed by atoms with Gasteiger partial charge >= 0.3 is 0 Å². The summed E-state index contributed by atoms with van der Waals surface area (Å²) in [6.45, 7) is 6.24. The number of hydrogen-bond donors (Lipinski definition) is 0. The van der Waals surface area contributed by atoms with Crippen LogP contribution in [0.3, 0.4) is 0 Å². The van der Waals surface area contributed by atoms with Gasteiger partial charge in [0.1, 0.15) is 5.52 Å². The number of fused-ring (bicyclic) bond motifs is 1. The van der Waals surface area contributed by atoms with Crippen LogP contribution in [0.5, 0.6) is 0 Å². The van der Waals surface area contributed by atoms with Crippen molar-refractivity contribution in [2.75, 3.05) is 6.26 Å². The molecule has 86 valence electrons. The predicted molar refractivity (Wildman–Crippen MR) is 69.5 cm³/mol. The molecule has 2 rings (SSSR count). The second-order valence-corrected chi connectivity index (χ2v) is 5.92. The third-order valence-corrected chi connectivity index (χ3v) is 3.55. The smallest absolute Gasteiger partial charge is 0.200 e. The first-order valence-corrected chi connectivity index (χ1v) is 6.67. The topological polar surface area (TPSA) is 26.0 Å². The summed E-state index contributed by atoms with van der Waals surface area (Å²) in [7, 11) is 0. The van der Waals surface area contributed by atoms with E-state index >= 15 is 0 Å². The molecule has 0 bridgehead atoms. The first kappa shape index (κ1) is 11.8. The van der Waals surface area contributed by atoms with E-state index in [4.69, 9.17) is 16.0 Å². The highest BCUT2D eigenvalue weighted by Crippen LogP contribution is 2.35. The van der Waals surface area contributed by atoms with Crippen molar-refractivity contribution in [3.05, 3.63) is 23.0 Å². The summed E-state index contributed by atoms with van der Waals surface area (Å²) >= 11 is 7.70. The van der Waals surface area contributed by atoms with Gasteiger partial charge in [-0.05, 0) is 18.4 Å². The Morgan fingerprint density at radius 2 is 2.00 bits per heavy atom. The van der Waals surface area contributed by atoms with Gasteiger partial charge in [0.2, 0.25) is 5.89 Å². The summed E-state index contributed by atoms with van der Waals surface area (Å²) < 4.78 is 5.82. The van der Waals surface area contributed by atoms with Gasteiger partial charge in [0, 0.05) is 5.41 Å². The number of thioether (sulfide) groups is 1. The van der Waals surface area contributed by atoms with Crippen molar-refractivity contribution in [2.24, 2.45) is 0 Å².